The average molecular weight is 356 g/mol. The minimum Gasteiger partial charge on any atom is -0.494 e. The third kappa shape index (κ3) is 6.70. The number of hydrogen-bond acceptors (Lipinski definition) is 4. The molecule has 0 bridgehead atoms. The lowest BCUT2D eigenvalue weighted by atomic mass is 10.0. The van der Waals surface area contributed by atoms with Gasteiger partial charge in [0.2, 0.25) is 0 Å². The van der Waals surface area contributed by atoms with Gasteiger partial charge < -0.3 is 14.4 Å². The van der Waals surface area contributed by atoms with Gasteiger partial charge in [0.05, 0.1) is 18.8 Å². The van der Waals surface area contributed by atoms with E-state index in [1.807, 2.05) is 12.1 Å². The highest BCUT2D eigenvalue weighted by Gasteiger charge is 2.17. The van der Waals surface area contributed by atoms with Crippen LogP contribution in [0.4, 0.5) is 0 Å². The summed E-state index contributed by atoms with van der Waals surface area (Å²) in [6.07, 6.45) is 5.78. The van der Waals surface area contributed by atoms with Crippen molar-refractivity contribution in [3.05, 3.63) is 29.8 Å². The fraction of sp³-hybridized carbons (Fsp3) is 0.632. The first-order valence-electron chi connectivity index (χ1n) is 8.84. The van der Waals surface area contributed by atoms with E-state index in [1.165, 1.54) is 25.8 Å². The Balaban J connectivity index is 0.00000288. The van der Waals surface area contributed by atoms with Gasteiger partial charge >= 0.3 is 5.97 Å². The largest absolute Gasteiger partial charge is 0.494 e. The normalized spacial score (nSPS) is 17.8. The molecule has 0 saturated carbocycles. The molecule has 5 heteroatoms. The van der Waals surface area contributed by atoms with Crippen LogP contribution in [0.1, 0.15) is 56.3 Å². The van der Waals surface area contributed by atoms with E-state index in [9.17, 15) is 4.79 Å². The molecule has 1 atom stereocenters. The van der Waals surface area contributed by atoms with Crippen LogP contribution in [0.5, 0.6) is 5.75 Å². The Morgan fingerprint density at radius 1 is 1.21 bits per heavy atom. The Hall–Kier alpha value is -1.26. The Morgan fingerprint density at radius 2 is 1.96 bits per heavy atom. The maximum Gasteiger partial charge on any atom is 0.338 e. The van der Waals surface area contributed by atoms with Crippen LogP contribution in [-0.4, -0.2) is 43.2 Å². The van der Waals surface area contributed by atoms with Crippen LogP contribution in [0.2, 0.25) is 0 Å². The molecule has 136 valence electrons. The van der Waals surface area contributed by atoms with Crippen molar-refractivity contribution in [1.82, 2.24) is 4.90 Å². The maximum atomic E-state index is 12.0. The molecule has 0 aliphatic carbocycles. The molecule has 0 radical (unpaired) electrons. The Bertz CT molecular complexity index is 478. The number of ether oxygens (including phenoxy) is 2. The predicted octanol–water partition coefficient (Wildman–Crippen LogP) is 4.32. The summed E-state index contributed by atoms with van der Waals surface area (Å²) in [5, 5.41) is 0. The minimum absolute atomic E-state index is 0. The average Bonchev–Trinajstić information content (AvgIpc) is 2.58. The van der Waals surface area contributed by atoms with Gasteiger partial charge in [0, 0.05) is 12.6 Å². The van der Waals surface area contributed by atoms with E-state index in [-0.39, 0.29) is 18.4 Å². The van der Waals surface area contributed by atoms with Crippen molar-refractivity contribution in [2.24, 2.45) is 0 Å². The lowest BCUT2D eigenvalue weighted by molar-refractivity contribution is 0.0475. The van der Waals surface area contributed by atoms with Crippen LogP contribution in [-0.2, 0) is 4.74 Å². The second kappa shape index (κ2) is 11.3. The molecular weight excluding hydrogens is 326 g/mol. The Labute approximate surface area is 151 Å². The molecule has 4 nitrogen and oxygen atoms in total. The zero-order chi connectivity index (χ0) is 16.5. The number of benzene rings is 1. The molecule has 1 aliphatic rings. The first-order chi connectivity index (χ1) is 11.2. The van der Waals surface area contributed by atoms with Crippen molar-refractivity contribution in [2.75, 3.05) is 26.3 Å². The monoisotopic (exact) mass is 355 g/mol. The zero-order valence-electron chi connectivity index (χ0n) is 14.8. The molecule has 24 heavy (non-hydrogen) atoms. The van der Waals surface area contributed by atoms with E-state index < -0.39 is 0 Å². The minimum atomic E-state index is -0.251. The van der Waals surface area contributed by atoms with E-state index in [0.29, 0.717) is 24.8 Å². The first kappa shape index (κ1) is 20.8. The highest BCUT2D eigenvalue weighted by molar-refractivity contribution is 5.89. The van der Waals surface area contributed by atoms with Gasteiger partial charge in [0.1, 0.15) is 5.75 Å². The van der Waals surface area contributed by atoms with E-state index in [4.69, 9.17) is 9.47 Å². The van der Waals surface area contributed by atoms with Crippen LogP contribution in [0.25, 0.3) is 0 Å². The second-order valence-electron chi connectivity index (χ2n) is 6.24. The second-order valence-corrected chi connectivity index (χ2v) is 6.24. The SMILES string of the molecule is CCCOc1ccc(C(=O)OCCCN2CCCCC2C)cc1.Cl. The Kier molecular flexibility index (Phi) is 9.80. The highest BCUT2D eigenvalue weighted by Crippen LogP contribution is 2.16. The van der Waals surface area contributed by atoms with Gasteiger partial charge in [-0.15, -0.1) is 12.4 Å². The van der Waals surface area contributed by atoms with Crippen LogP contribution in [0.15, 0.2) is 24.3 Å². The fourth-order valence-corrected chi connectivity index (χ4v) is 2.91. The summed E-state index contributed by atoms with van der Waals surface area (Å²) >= 11 is 0. The molecule has 1 aromatic rings. The van der Waals surface area contributed by atoms with Crippen LogP contribution >= 0.6 is 12.4 Å². The van der Waals surface area contributed by atoms with Crippen molar-refractivity contribution in [1.29, 1.82) is 0 Å². The summed E-state index contributed by atoms with van der Waals surface area (Å²) in [6.45, 7) is 7.71. The molecule has 1 aromatic carbocycles. The summed E-state index contributed by atoms with van der Waals surface area (Å²) in [7, 11) is 0. The van der Waals surface area contributed by atoms with Crippen LogP contribution in [0, 0.1) is 0 Å². The number of rotatable bonds is 8. The van der Waals surface area contributed by atoms with Gasteiger partial charge in [0.25, 0.3) is 0 Å². The number of piperidine rings is 1. The standard InChI is InChI=1S/C19H29NO3.ClH/c1-3-14-22-18-10-8-17(9-11-18)19(21)23-15-6-13-20-12-5-4-7-16(20)2;/h8-11,16H,3-7,12-15H2,1-2H3;1H. The molecular formula is C19H30ClNO3. The topological polar surface area (TPSA) is 38.8 Å². The summed E-state index contributed by atoms with van der Waals surface area (Å²) in [5.74, 6) is 0.543. The van der Waals surface area contributed by atoms with Gasteiger partial charge in [-0.2, -0.15) is 0 Å². The number of carbonyl (C=O) groups is 1. The van der Waals surface area contributed by atoms with Gasteiger partial charge in [-0.3, -0.25) is 0 Å². The van der Waals surface area contributed by atoms with Crippen molar-refractivity contribution in [3.8, 4) is 5.75 Å². The molecule has 1 unspecified atom stereocenters. The summed E-state index contributed by atoms with van der Waals surface area (Å²) in [5.41, 5.74) is 0.584. The van der Waals surface area contributed by atoms with Gasteiger partial charge in [-0.05, 0) is 63.4 Å². The molecule has 2 rings (SSSR count). The van der Waals surface area contributed by atoms with E-state index in [1.54, 1.807) is 12.1 Å². The quantitative estimate of drug-likeness (QED) is 0.514. The van der Waals surface area contributed by atoms with Gasteiger partial charge in [-0.1, -0.05) is 13.3 Å². The first-order valence-corrected chi connectivity index (χ1v) is 8.84. The van der Waals surface area contributed by atoms with Crippen molar-refractivity contribution >= 4 is 18.4 Å². The molecule has 1 aliphatic heterocycles. The molecule has 0 amide bonds. The zero-order valence-corrected chi connectivity index (χ0v) is 15.6. The van der Waals surface area contributed by atoms with Crippen molar-refractivity contribution in [2.45, 2.75) is 52.0 Å². The molecule has 0 aromatic heterocycles. The number of esters is 1. The lowest BCUT2D eigenvalue weighted by Gasteiger charge is -2.33. The number of nitrogens with zero attached hydrogens (tertiary/aromatic N) is 1. The summed E-state index contributed by atoms with van der Waals surface area (Å²) < 4.78 is 10.9. The molecule has 1 fully saturated rings. The van der Waals surface area contributed by atoms with Crippen LogP contribution < -0.4 is 4.74 Å². The number of likely N-dealkylation sites (tertiary alicyclic amines) is 1. The smallest absolute Gasteiger partial charge is 0.338 e. The predicted molar refractivity (Wildman–Crippen MR) is 99.3 cm³/mol. The molecule has 0 N–H and O–H groups in total. The van der Waals surface area contributed by atoms with E-state index in [0.717, 1.165) is 25.1 Å². The molecule has 1 saturated heterocycles. The maximum absolute atomic E-state index is 12.0. The highest BCUT2D eigenvalue weighted by atomic mass is 35.5. The van der Waals surface area contributed by atoms with Crippen LogP contribution in [0.3, 0.4) is 0 Å². The molecule has 1 heterocycles. The summed E-state index contributed by atoms with van der Waals surface area (Å²) in [4.78, 5) is 14.5. The third-order valence-electron chi connectivity index (χ3n) is 4.33. The number of hydrogen-bond donors (Lipinski definition) is 0. The third-order valence-corrected chi connectivity index (χ3v) is 4.33. The molecule has 0 spiro atoms. The van der Waals surface area contributed by atoms with E-state index in [2.05, 4.69) is 18.7 Å². The van der Waals surface area contributed by atoms with Crippen molar-refractivity contribution < 1.29 is 14.3 Å². The van der Waals surface area contributed by atoms with Gasteiger partial charge in [0.15, 0.2) is 0 Å². The summed E-state index contributed by atoms with van der Waals surface area (Å²) in [6, 6.07) is 7.83. The van der Waals surface area contributed by atoms with Gasteiger partial charge in [-0.25, -0.2) is 4.79 Å². The number of carbonyl (C=O) groups excluding carboxylic acids is 1. The lowest BCUT2D eigenvalue weighted by Crippen LogP contribution is -2.38. The number of halogens is 1. The Morgan fingerprint density at radius 3 is 2.62 bits per heavy atom. The van der Waals surface area contributed by atoms with Crippen molar-refractivity contribution in [3.63, 3.8) is 0 Å². The fourth-order valence-electron chi connectivity index (χ4n) is 2.91. The van der Waals surface area contributed by atoms with E-state index >= 15 is 0 Å².